The molecule has 0 amide bonds. The van der Waals surface area contributed by atoms with E-state index in [4.69, 9.17) is 17.5 Å². The molecule has 1 aromatic carbocycles. The van der Waals surface area contributed by atoms with E-state index in [-0.39, 0.29) is 0 Å². The van der Waals surface area contributed by atoms with Gasteiger partial charge in [0.15, 0.2) is 0 Å². The Hall–Kier alpha value is -1.53. The molecule has 0 fully saturated rings. The van der Waals surface area contributed by atoms with Crippen molar-refractivity contribution in [1.82, 2.24) is 0 Å². The Morgan fingerprint density at radius 2 is 1.57 bits per heavy atom. The quantitative estimate of drug-likeness (QED) is 0.415. The van der Waals surface area contributed by atoms with Crippen molar-refractivity contribution >= 4 is 22.2 Å². The molecule has 14 heavy (non-hydrogen) atoms. The lowest BCUT2D eigenvalue weighted by molar-refractivity contribution is 0.381. The van der Waals surface area contributed by atoms with Crippen LogP contribution in [-0.2, 0) is 15.2 Å². The second-order valence-electron chi connectivity index (χ2n) is 1.99. The third-order valence-electron chi connectivity index (χ3n) is 0.931. The summed E-state index contributed by atoms with van der Waals surface area (Å²) in [5.74, 6) is 0. The topological polar surface area (TPSA) is 104 Å². The molecule has 0 unspecified atom stereocenters. The molecule has 2 N–H and O–H groups in total. The van der Waals surface area contributed by atoms with E-state index < -0.39 is 10.4 Å². The molecule has 1 rings (SSSR count). The summed E-state index contributed by atoms with van der Waals surface area (Å²) in [6.07, 6.45) is 1.46. The maximum absolute atomic E-state index is 9.68. The molecule has 0 heterocycles. The minimum absolute atomic E-state index is 0.646. The molecule has 76 valence electrons. The normalized spacial score (nSPS) is 9.29. The predicted octanol–water partition coefficient (Wildman–Crippen LogP) is 1.00. The Bertz CT molecular complexity index is 399. The van der Waals surface area contributed by atoms with Crippen LogP contribution in [-0.4, -0.2) is 23.6 Å². The number of para-hydroxylation sites is 1. The van der Waals surface area contributed by atoms with Gasteiger partial charge in [-0.1, -0.05) is 18.2 Å². The van der Waals surface area contributed by atoms with Crippen molar-refractivity contribution < 1.29 is 22.3 Å². The Balaban J connectivity index is 0.000000292. The van der Waals surface area contributed by atoms with Crippen molar-refractivity contribution in [3.63, 3.8) is 0 Å². The molecule has 6 nitrogen and oxygen atoms in total. The zero-order chi connectivity index (χ0) is 11.0. The first kappa shape index (κ1) is 12.5. The third kappa shape index (κ3) is 10.5. The number of carbonyl (C=O) groups excluding carboxylic acids is 1. The average molecular weight is 217 g/mol. The second-order valence-corrected chi connectivity index (χ2v) is 2.88. The van der Waals surface area contributed by atoms with Crippen LogP contribution in [0.5, 0.6) is 0 Å². The molecule has 0 atom stereocenters. The summed E-state index contributed by atoms with van der Waals surface area (Å²) in [7, 11) is -4.67. The molecule has 0 radical (unpaired) electrons. The van der Waals surface area contributed by atoms with E-state index in [1.165, 1.54) is 6.08 Å². The molecular weight excluding hydrogens is 210 g/mol. The van der Waals surface area contributed by atoms with Gasteiger partial charge in [0, 0.05) is 0 Å². The van der Waals surface area contributed by atoms with Crippen LogP contribution in [0.25, 0.3) is 0 Å². The average Bonchev–Trinajstić information content (AvgIpc) is 2.03. The summed E-state index contributed by atoms with van der Waals surface area (Å²) in [5.41, 5.74) is 0.646. The van der Waals surface area contributed by atoms with E-state index in [1.54, 1.807) is 12.1 Å². The zero-order valence-corrected chi connectivity index (χ0v) is 7.68. The molecule has 1 aromatic rings. The minimum Gasteiger partial charge on any atom is -0.264 e. The van der Waals surface area contributed by atoms with Gasteiger partial charge in [-0.05, 0) is 12.1 Å². The zero-order valence-electron chi connectivity index (χ0n) is 6.86. The van der Waals surface area contributed by atoms with Gasteiger partial charge in [-0.25, -0.2) is 4.79 Å². The first-order chi connectivity index (χ1) is 6.43. The van der Waals surface area contributed by atoms with E-state index in [0.717, 1.165) is 0 Å². The summed E-state index contributed by atoms with van der Waals surface area (Å²) in [6.45, 7) is 0. The highest BCUT2D eigenvalue weighted by Gasteiger charge is 1.84. The Kier molecular flexibility index (Phi) is 5.35. The third-order valence-corrected chi connectivity index (χ3v) is 0.931. The fourth-order valence-corrected chi connectivity index (χ4v) is 0.555. The highest BCUT2D eigenvalue weighted by molar-refractivity contribution is 7.79. The molecular formula is C7H7NO5S. The van der Waals surface area contributed by atoms with E-state index >= 15 is 0 Å². The first-order valence-electron chi connectivity index (χ1n) is 3.26. The SMILES string of the molecule is O=C=Nc1ccccc1.O=S(=O)(O)O. The lowest BCUT2D eigenvalue weighted by atomic mass is 10.3. The van der Waals surface area contributed by atoms with Crippen LogP contribution in [0.4, 0.5) is 5.69 Å². The number of rotatable bonds is 1. The van der Waals surface area contributed by atoms with Crippen LogP contribution >= 0.6 is 0 Å². The van der Waals surface area contributed by atoms with Gasteiger partial charge in [-0.15, -0.1) is 0 Å². The standard InChI is InChI=1S/C7H5NO.H2O4S/c9-6-8-7-4-2-1-3-5-7;1-5(2,3)4/h1-5H;(H2,1,2,3,4). The van der Waals surface area contributed by atoms with Crippen LogP contribution in [0.3, 0.4) is 0 Å². The van der Waals surface area contributed by atoms with E-state index in [0.29, 0.717) is 5.69 Å². The Morgan fingerprint density at radius 3 is 1.93 bits per heavy atom. The fraction of sp³-hybridized carbons (Fsp3) is 0. The number of aliphatic imine (C=N–C) groups is 1. The van der Waals surface area contributed by atoms with Gasteiger partial charge in [0.25, 0.3) is 0 Å². The number of hydrogen-bond acceptors (Lipinski definition) is 4. The van der Waals surface area contributed by atoms with Crippen molar-refractivity contribution in [2.45, 2.75) is 0 Å². The second kappa shape index (κ2) is 6.01. The lowest BCUT2D eigenvalue weighted by Crippen LogP contribution is -1.89. The Labute approximate surface area is 80.5 Å². The summed E-state index contributed by atoms with van der Waals surface area (Å²) in [6, 6.07) is 8.98. The van der Waals surface area contributed by atoms with Gasteiger partial charge < -0.3 is 0 Å². The van der Waals surface area contributed by atoms with Crippen molar-refractivity contribution in [3.05, 3.63) is 30.3 Å². The molecule has 0 saturated heterocycles. The van der Waals surface area contributed by atoms with Crippen LogP contribution < -0.4 is 0 Å². The predicted molar refractivity (Wildman–Crippen MR) is 48.4 cm³/mol. The molecule has 0 aliphatic carbocycles. The van der Waals surface area contributed by atoms with Crippen molar-refractivity contribution in [2.75, 3.05) is 0 Å². The van der Waals surface area contributed by atoms with Gasteiger partial charge in [0.1, 0.15) is 0 Å². The number of benzene rings is 1. The monoisotopic (exact) mass is 217 g/mol. The van der Waals surface area contributed by atoms with Crippen molar-refractivity contribution in [2.24, 2.45) is 4.99 Å². The van der Waals surface area contributed by atoms with Crippen molar-refractivity contribution in [1.29, 1.82) is 0 Å². The smallest absolute Gasteiger partial charge is 0.264 e. The van der Waals surface area contributed by atoms with Gasteiger partial charge >= 0.3 is 10.4 Å². The molecule has 7 heteroatoms. The molecule has 0 aliphatic rings. The van der Waals surface area contributed by atoms with Crippen LogP contribution in [0.1, 0.15) is 0 Å². The van der Waals surface area contributed by atoms with Crippen molar-refractivity contribution in [3.8, 4) is 0 Å². The summed E-state index contributed by atoms with van der Waals surface area (Å²) in [5, 5.41) is 0. The highest BCUT2D eigenvalue weighted by Crippen LogP contribution is 2.06. The van der Waals surface area contributed by atoms with E-state index in [1.807, 2.05) is 18.2 Å². The lowest BCUT2D eigenvalue weighted by Gasteiger charge is -1.83. The van der Waals surface area contributed by atoms with E-state index in [9.17, 15) is 4.79 Å². The van der Waals surface area contributed by atoms with Crippen LogP contribution in [0.15, 0.2) is 35.3 Å². The summed E-state index contributed by atoms with van der Waals surface area (Å²) in [4.78, 5) is 13.1. The largest absolute Gasteiger partial charge is 0.394 e. The maximum atomic E-state index is 9.68. The van der Waals surface area contributed by atoms with Crippen LogP contribution in [0.2, 0.25) is 0 Å². The molecule has 0 spiro atoms. The Morgan fingerprint density at radius 1 is 1.14 bits per heavy atom. The van der Waals surface area contributed by atoms with Gasteiger partial charge in [0.05, 0.1) is 5.69 Å². The number of nitrogens with zero attached hydrogens (tertiary/aromatic N) is 1. The first-order valence-corrected chi connectivity index (χ1v) is 4.66. The minimum atomic E-state index is -4.67. The molecule has 0 aliphatic heterocycles. The number of hydrogen-bond donors (Lipinski definition) is 2. The molecule has 0 aromatic heterocycles. The maximum Gasteiger partial charge on any atom is 0.394 e. The fourth-order valence-electron chi connectivity index (χ4n) is 0.555. The summed E-state index contributed by atoms with van der Waals surface area (Å²) < 4.78 is 31.6. The molecule has 0 bridgehead atoms. The van der Waals surface area contributed by atoms with E-state index in [2.05, 4.69) is 4.99 Å². The van der Waals surface area contributed by atoms with Gasteiger partial charge in [-0.2, -0.15) is 13.4 Å². The van der Waals surface area contributed by atoms with Crippen LogP contribution in [0, 0.1) is 0 Å². The number of isocyanates is 1. The summed E-state index contributed by atoms with van der Waals surface area (Å²) >= 11 is 0. The van der Waals surface area contributed by atoms with Gasteiger partial charge in [-0.3, -0.25) is 9.11 Å². The highest BCUT2D eigenvalue weighted by atomic mass is 32.3. The van der Waals surface area contributed by atoms with Gasteiger partial charge in [0.2, 0.25) is 6.08 Å². The molecule has 0 saturated carbocycles.